The lowest BCUT2D eigenvalue weighted by atomic mass is 9.96. The van der Waals surface area contributed by atoms with E-state index >= 15 is 0 Å². The molecule has 1 aliphatic heterocycles. The fourth-order valence-corrected chi connectivity index (χ4v) is 3.20. The molecule has 1 aliphatic rings. The van der Waals surface area contributed by atoms with Crippen LogP contribution in [0.5, 0.6) is 0 Å². The molecule has 1 fully saturated rings. The SMILES string of the molecule is O=C(Nc1cccc(F)c1)[C@@H]1CCCN(C(=O)c2cccc(C(F)(F)F)c2)C1. The molecule has 0 saturated carbocycles. The molecule has 1 atom stereocenters. The zero-order valence-electron chi connectivity index (χ0n) is 14.8. The maximum Gasteiger partial charge on any atom is 0.416 e. The summed E-state index contributed by atoms with van der Waals surface area (Å²) < 4.78 is 51.9. The quantitative estimate of drug-likeness (QED) is 0.788. The molecule has 0 bridgehead atoms. The Morgan fingerprint density at radius 3 is 2.54 bits per heavy atom. The molecule has 0 radical (unpaired) electrons. The van der Waals surface area contributed by atoms with E-state index in [1.807, 2.05) is 0 Å². The number of halogens is 4. The Bertz CT molecular complexity index is 883. The van der Waals surface area contributed by atoms with Gasteiger partial charge < -0.3 is 10.2 Å². The lowest BCUT2D eigenvalue weighted by Gasteiger charge is -2.32. The van der Waals surface area contributed by atoms with Crippen molar-refractivity contribution < 1.29 is 27.2 Å². The number of carbonyl (C=O) groups is 2. The summed E-state index contributed by atoms with van der Waals surface area (Å²) in [6, 6.07) is 9.70. The molecule has 4 nitrogen and oxygen atoms in total. The zero-order valence-corrected chi connectivity index (χ0v) is 14.8. The van der Waals surface area contributed by atoms with E-state index in [-0.39, 0.29) is 18.0 Å². The van der Waals surface area contributed by atoms with Crippen LogP contribution in [0, 0.1) is 11.7 Å². The number of alkyl halides is 3. The van der Waals surface area contributed by atoms with Crippen LogP contribution < -0.4 is 5.32 Å². The number of amides is 2. The maximum atomic E-state index is 13.2. The van der Waals surface area contributed by atoms with Crippen LogP contribution in [0.4, 0.5) is 23.2 Å². The summed E-state index contributed by atoms with van der Waals surface area (Å²) in [6.45, 7) is 0.453. The fourth-order valence-electron chi connectivity index (χ4n) is 3.20. The van der Waals surface area contributed by atoms with Gasteiger partial charge in [-0.05, 0) is 49.2 Å². The Morgan fingerprint density at radius 1 is 1.07 bits per heavy atom. The van der Waals surface area contributed by atoms with Gasteiger partial charge in [0.15, 0.2) is 0 Å². The Hall–Kier alpha value is -2.90. The van der Waals surface area contributed by atoms with Crippen LogP contribution in [0.2, 0.25) is 0 Å². The second kappa shape index (κ2) is 8.00. The van der Waals surface area contributed by atoms with Gasteiger partial charge in [-0.3, -0.25) is 9.59 Å². The number of nitrogens with zero attached hydrogens (tertiary/aromatic N) is 1. The first-order chi connectivity index (χ1) is 13.2. The highest BCUT2D eigenvalue weighted by atomic mass is 19.4. The number of hydrogen-bond acceptors (Lipinski definition) is 2. The summed E-state index contributed by atoms with van der Waals surface area (Å²) in [5.41, 5.74) is -0.650. The molecule has 0 aliphatic carbocycles. The molecule has 3 rings (SSSR count). The first-order valence-corrected chi connectivity index (χ1v) is 8.77. The van der Waals surface area contributed by atoms with Crippen LogP contribution in [-0.4, -0.2) is 29.8 Å². The Morgan fingerprint density at radius 2 is 1.82 bits per heavy atom. The summed E-state index contributed by atoms with van der Waals surface area (Å²) >= 11 is 0. The Labute approximate surface area is 159 Å². The van der Waals surface area contributed by atoms with Crippen LogP contribution in [0.3, 0.4) is 0 Å². The number of nitrogens with one attached hydrogen (secondary N) is 1. The Kier molecular flexibility index (Phi) is 5.67. The monoisotopic (exact) mass is 394 g/mol. The van der Waals surface area contributed by atoms with E-state index in [9.17, 15) is 27.2 Å². The smallest absolute Gasteiger partial charge is 0.338 e. The van der Waals surface area contributed by atoms with Gasteiger partial charge in [0.1, 0.15) is 5.82 Å². The molecule has 0 aromatic heterocycles. The Balaban J connectivity index is 1.69. The van der Waals surface area contributed by atoms with Crippen molar-refractivity contribution in [3.63, 3.8) is 0 Å². The molecule has 28 heavy (non-hydrogen) atoms. The van der Waals surface area contributed by atoms with Gasteiger partial charge >= 0.3 is 6.18 Å². The summed E-state index contributed by atoms with van der Waals surface area (Å²) in [4.78, 5) is 26.5. The highest BCUT2D eigenvalue weighted by Crippen LogP contribution is 2.30. The molecular formula is C20H18F4N2O2. The number of anilines is 1. The first kappa shape index (κ1) is 19.9. The number of rotatable bonds is 3. The topological polar surface area (TPSA) is 49.4 Å². The fraction of sp³-hybridized carbons (Fsp3) is 0.300. The minimum absolute atomic E-state index is 0.0685. The molecule has 1 saturated heterocycles. The number of likely N-dealkylation sites (tertiary alicyclic amines) is 1. The zero-order chi connectivity index (χ0) is 20.3. The highest BCUT2D eigenvalue weighted by Gasteiger charge is 2.33. The van der Waals surface area contributed by atoms with Crippen molar-refractivity contribution in [2.45, 2.75) is 19.0 Å². The number of benzene rings is 2. The average molecular weight is 394 g/mol. The molecule has 2 amide bonds. The summed E-state index contributed by atoms with van der Waals surface area (Å²) in [7, 11) is 0. The maximum absolute atomic E-state index is 13.2. The van der Waals surface area contributed by atoms with E-state index in [2.05, 4.69) is 5.32 Å². The van der Waals surface area contributed by atoms with Crippen molar-refractivity contribution in [3.8, 4) is 0 Å². The number of carbonyl (C=O) groups excluding carboxylic acids is 2. The van der Waals surface area contributed by atoms with Gasteiger partial charge in [-0.2, -0.15) is 13.2 Å². The van der Waals surface area contributed by atoms with Crippen molar-refractivity contribution in [3.05, 3.63) is 65.5 Å². The van der Waals surface area contributed by atoms with E-state index in [1.165, 1.54) is 35.2 Å². The molecule has 0 spiro atoms. The molecule has 148 valence electrons. The third-order valence-corrected chi connectivity index (χ3v) is 4.61. The van der Waals surface area contributed by atoms with Crippen LogP contribution in [0.1, 0.15) is 28.8 Å². The van der Waals surface area contributed by atoms with Crippen LogP contribution in [-0.2, 0) is 11.0 Å². The van der Waals surface area contributed by atoms with Crippen LogP contribution in [0.15, 0.2) is 48.5 Å². The van der Waals surface area contributed by atoms with Crippen molar-refractivity contribution in [2.24, 2.45) is 5.92 Å². The lowest BCUT2D eigenvalue weighted by Crippen LogP contribution is -2.43. The summed E-state index contributed by atoms with van der Waals surface area (Å²) in [5.74, 6) is -1.91. The number of piperidine rings is 1. The lowest BCUT2D eigenvalue weighted by molar-refractivity contribution is -0.137. The van der Waals surface area contributed by atoms with Crippen LogP contribution >= 0.6 is 0 Å². The van der Waals surface area contributed by atoms with Crippen LogP contribution in [0.25, 0.3) is 0 Å². The standard InChI is InChI=1S/C20H18F4N2O2/c21-16-7-2-8-17(11-16)25-18(27)14-5-3-9-26(12-14)19(28)13-4-1-6-15(10-13)20(22,23)24/h1-2,4,6-8,10-11,14H,3,5,9,12H2,(H,25,27)/t14-/m1/s1. The van der Waals surface area contributed by atoms with E-state index in [1.54, 1.807) is 6.07 Å². The predicted octanol–water partition coefficient (Wildman–Crippen LogP) is 4.34. The average Bonchev–Trinajstić information content (AvgIpc) is 2.67. The van der Waals surface area contributed by atoms with Crippen molar-refractivity contribution in [1.29, 1.82) is 0 Å². The molecule has 2 aromatic rings. The molecule has 2 aromatic carbocycles. The second-order valence-electron chi connectivity index (χ2n) is 6.67. The molecule has 1 heterocycles. The highest BCUT2D eigenvalue weighted by molar-refractivity contribution is 5.96. The summed E-state index contributed by atoms with van der Waals surface area (Å²) in [6.07, 6.45) is -3.45. The van der Waals surface area contributed by atoms with Crippen molar-refractivity contribution >= 4 is 17.5 Å². The van der Waals surface area contributed by atoms with Crippen molar-refractivity contribution in [1.82, 2.24) is 4.90 Å². The molecule has 1 N–H and O–H groups in total. The normalized spacial score (nSPS) is 17.3. The minimum Gasteiger partial charge on any atom is -0.338 e. The van der Waals surface area contributed by atoms with Gasteiger partial charge in [0.05, 0.1) is 11.5 Å². The van der Waals surface area contributed by atoms with E-state index in [0.717, 1.165) is 12.1 Å². The summed E-state index contributed by atoms with van der Waals surface area (Å²) in [5, 5.41) is 2.62. The van der Waals surface area contributed by atoms with E-state index < -0.39 is 29.4 Å². The molecule has 0 unspecified atom stereocenters. The van der Waals surface area contributed by atoms with Gasteiger partial charge in [-0.15, -0.1) is 0 Å². The minimum atomic E-state index is -4.54. The van der Waals surface area contributed by atoms with E-state index in [0.29, 0.717) is 25.1 Å². The predicted molar refractivity (Wildman–Crippen MR) is 95.1 cm³/mol. The first-order valence-electron chi connectivity index (χ1n) is 8.77. The molecular weight excluding hydrogens is 376 g/mol. The largest absolute Gasteiger partial charge is 0.416 e. The third-order valence-electron chi connectivity index (χ3n) is 4.61. The third kappa shape index (κ3) is 4.68. The van der Waals surface area contributed by atoms with Gasteiger partial charge in [-0.1, -0.05) is 12.1 Å². The molecule has 8 heteroatoms. The van der Waals surface area contributed by atoms with Crippen molar-refractivity contribution in [2.75, 3.05) is 18.4 Å². The second-order valence-corrected chi connectivity index (χ2v) is 6.67. The van der Waals surface area contributed by atoms with Gasteiger partial charge in [0.25, 0.3) is 5.91 Å². The van der Waals surface area contributed by atoms with Gasteiger partial charge in [0, 0.05) is 24.3 Å². The number of hydrogen-bond donors (Lipinski definition) is 1. The van der Waals surface area contributed by atoms with Gasteiger partial charge in [0.2, 0.25) is 5.91 Å². The van der Waals surface area contributed by atoms with Gasteiger partial charge in [-0.25, -0.2) is 4.39 Å². The van der Waals surface area contributed by atoms with E-state index in [4.69, 9.17) is 0 Å².